The molecular formula is C12H16BrN3O. The summed E-state index contributed by atoms with van der Waals surface area (Å²) >= 11 is 3.49. The van der Waals surface area contributed by atoms with Gasteiger partial charge in [-0.1, -0.05) is 15.9 Å². The number of nitrogens with zero attached hydrogens (tertiary/aromatic N) is 3. The average molecular weight is 298 g/mol. The maximum atomic E-state index is 5.67. The maximum absolute atomic E-state index is 5.67. The van der Waals surface area contributed by atoms with Crippen LogP contribution in [0.15, 0.2) is 6.33 Å². The van der Waals surface area contributed by atoms with Crippen molar-refractivity contribution in [3.05, 3.63) is 17.6 Å². The first-order valence-electron chi connectivity index (χ1n) is 6.13. The van der Waals surface area contributed by atoms with Crippen molar-refractivity contribution in [1.29, 1.82) is 0 Å². The molecule has 0 radical (unpaired) electrons. The van der Waals surface area contributed by atoms with Gasteiger partial charge in [0.15, 0.2) is 0 Å². The first-order chi connectivity index (χ1) is 8.38. The number of morpholine rings is 1. The van der Waals surface area contributed by atoms with E-state index in [9.17, 15) is 0 Å². The molecule has 0 amide bonds. The van der Waals surface area contributed by atoms with E-state index in [1.165, 1.54) is 17.7 Å². The summed E-state index contributed by atoms with van der Waals surface area (Å²) in [5.41, 5.74) is 2.61. The van der Waals surface area contributed by atoms with E-state index in [1.807, 2.05) is 0 Å². The van der Waals surface area contributed by atoms with Crippen LogP contribution < -0.4 is 4.90 Å². The highest BCUT2D eigenvalue weighted by molar-refractivity contribution is 9.09. The van der Waals surface area contributed by atoms with Gasteiger partial charge in [-0.05, 0) is 19.3 Å². The first kappa shape index (κ1) is 11.4. The van der Waals surface area contributed by atoms with E-state index in [0.29, 0.717) is 0 Å². The summed E-state index contributed by atoms with van der Waals surface area (Å²) in [5.74, 6) is 1.14. The first-order valence-corrected chi connectivity index (χ1v) is 7.26. The molecule has 1 aliphatic heterocycles. The molecule has 1 unspecified atom stereocenters. The Morgan fingerprint density at radius 2 is 2.35 bits per heavy atom. The second-order valence-electron chi connectivity index (χ2n) is 4.57. The Balaban J connectivity index is 1.86. The molecule has 92 valence electrons. The van der Waals surface area contributed by atoms with Crippen molar-refractivity contribution in [2.45, 2.75) is 25.4 Å². The zero-order valence-corrected chi connectivity index (χ0v) is 11.3. The molecule has 1 aliphatic carbocycles. The van der Waals surface area contributed by atoms with Crippen molar-refractivity contribution in [1.82, 2.24) is 9.97 Å². The number of aromatic nitrogens is 2. The summed E-state index contributed by atoms with van der Waals surface area (Å²) in [6.07, 6.45) is 5.43. The Morgan fingerprint density at radius 3 is 3.24 bits per heavy atom. The lowest BCUT2D eigenvalue weighted by molar-refractivity contribution is 0.0567. The molecule has 4 nitrogen and oxygen atoms in total. The van der Waals surface area contributed by atoms with Crippen LogP contribution in [0, 0.1) is 0 Å². The van der Waals surface area contributed by atoms with E-state index >= 15 is 0 Å². The molecule has 1 aromatic heterocycles. The second kappa shape index (κ2) is 4.90. The Labute approximate surface area is 110 Å². The number of rotatable bonds is 2. The highest BCUT2D eigenvalue weighted by Crippen LogP contribution is 2.28. The van der Waals surface area contributed by atoms with Gasteiger partial charge in [0.05, 0.1) is 12.7 Å². The zero-order valence-electron chi connectivity index (χ0n) is 9.73. The second-order valence-corrected chi connectivity index (χ2v) is 5.22. The van der Waals surface area contributed by atoms with Gasteiger partial charge in [0.2, 0.25) is 0 Å². The van der Waals surface area contributed by atoms with Gasteiger partial charge in [0.1, 0.15) is 12.1 Å². The van der Waals surface area contributed by atoms with Crippen molar-refractivity contribution in [2.24, 2.45) is 0 Å². The molecule has 0 aromatic carbocycles. The quantitative estimate of drug-likeness (QED) is 0.777. The lowest BCUT2D eigenvalue weighted by Crippen LogP contribution is -2.44. The van der Waals surface area contributed by atoms with Crippen LogP contribution in [0.4, 0.5) is 5.82 Å². The number of hydrogen-bond donors (Lipinski definition) is 0. The Bertz CT molecular complexity index is 413. The average Bonchev–Trinajstić information content (AvgIpc) is 2.87. The summed E-state index contributed by atoms with van der Waals surface area (Å²) < 4.78 is 5.67. The summed E-state index contributed by atoms with van der Waals surface area (Å²) in [6, 6.07) is 0. The lowest BCUT2D eigenvalue weighted by atomic mass is 10.2. The van der Waals surface area contributed by atoms with Crippen molar-refractivity contribution in [3.8, 4) is 0 Å². The molecule has 1 atom stereocenters. The number of anilines is 1. The van der Waals surface area contributed by atoms with Crippen LogP contribution in [0.5, 0.6) is 0 Å². The van der Waals surface area contributed by atoms with Crippen molar-refractivity contribution in [2.75, 3.05) is 29.9 Å². The van der Waals surface area contributed by atoms with E-state index in [4.69, 9.17) is 4.74 Å². The van der Waals surface area contributed by atoms with Crippen LogP contribution in [0.1, 0.15) is 17.7 Å². The minimum Gasteiger partial charge on any atom is -0.374 e. The van der Waals surface area contributed by atoms with Crippen LogP contribution >= 0.6 is 15.9 Å². The van der Waals surface area contributed by atoms with Gasteiger partial charge in [-0.2, -0.15) is 0 Å². The molecule has 1 saturated heterocycles. The fourth-order valence-corrected chi connectivity index (χ4v) is 3.01. The number of halogens is 1. The smallest absolute Gasteiger partial charge is 0.135 e. The van der Waals surface area contributed by atoms with Crippen molar-refractivity contribution in [3.63, 3.8) is 0 Å². The fourth-order valence-electron chi connectivity index (χ4n) is 2.62. The summed E-state index contributed by atoms with van der Waals surface area (Å²) in [5, 5.41) is 0.886. The zero-order chi connectivity index (χ0) is 11.7. The SMILES string of the molecule is BrCC1CN(c2ncnc3c2CCC3)CCO1. The maximum Gasteiger partial charge on any atom is 0.135 e. The van der Waals surface area contributed by atoms with E-state index in [0.717, 1.165) is 43.7 Å². The van der Waals surface area contributed by atoms with Gasteiger partial charge in [0, 0.05) is 29.7 Å². The molecule has 3 rings (SSSR count). The number of alkyl halides is 1. The van der Waals surface area contributed by atoms with E-state index in [-0.39, 0.29) is 6.10 Å². The molecule has 0 N–H and O–H groups in total. The molecular weight excluding hydrogens is 282 g/mol. The summed E-state index contributed by atoms with van der Waals surface area (Å²) in [4.78, 5) is 11.2. The Hall–Kier alpha value is -0.680. The van der Waals surface area contributed by atoms with Crippen molar-refractivity contribution < 1.29 is 4.74 Å². The highest BCUT2D eigenvalue weighted by atomic mass is 79.9. The van der Waals surface area contributed by atoms with E-state index in [2.05, 4.69) is 30.8 Å². The van der Waals surface area contributed by atoms with Crippen molar-refractivity contribution >= 4 is 21.7 Å². The lowest BCUT2D eigenvalue weighted by Gasteiger charge is -2.33. The fraction of sp³-hybridized carbons (Fsp3) is 0.667. The van der Waals surface area contributed by atoms with Crippen LogP contribution in [0.2, 0.25) is 0 Å². The van der Waals surface area contributed by atoms with Gasteiger partial charge in [-0.15, -0.1) is 0 Å². The third-order valence-electron chi connectivity index (χ3n) is 3.46. The highest BCUT2D eigenvalue weighted by Gasteiger charge is 2.25. The normalized spacial score (nSPS) is 23.8. The van der Waals surface area contributed by atoms with Gasteiger partial charge in [-0.3, -0.25) is 0 Å². The van der Waals surface area contributed by atoms with E-state index in [1.54, 1.807) is 6.33 Å². The molecule has 17 heavy (non-hydrogen) atoms. The number of ether oxygens (including phenoxy) is 1. The minimum atomic E-state index is 0.274. The van der Waals surface area contributed by atoms with Gasteiger partial charge in [-0.25, -0.2) is 9.97 Å². The molecule has 5 heteroatoms. The Morgan fingerprint density at radius 1 is 1.41 bits per heavy atom. The predicted molar refractivity (Wildman–Crippen MR) is 69.8 cm³/mol. The standard InChI is InChI=1S/C12H16BrN3O/c13-6-9-7-16(4-5-17-9)12-10-2-1-3-11(10)14-8-15-12/h8-9H,1-7H2. The molecule has 0 saturated carbocycles. The minimum absolute atomic E-state index is 0.274. The largest absolute Gasteiger partial charge is 0.374 e. The van der Waals surface area contributed by atoms with E-state index < -0.39 is 0 Å². The van der Waals surface area contributed by atoms with Crippen LogP contribution in [-0.4, -0.2) is 41.1 Å². The summed E-state index contributed by atoms with van der Waals surface area (Å²) in [6.45, 7) is 2.65. The molecule has 0 bridgehead atoms. The van der Waals surface area contributed by atoms with Crippen LogP contribution in [-0.2, 0) is 17.6 Å². The molecule has 1 aromatic rings. The van der Waals surface area contributed by atoms with Gasteiger partial charge < -0.3 is 9.64 Å². The molecule has 2 heterocycles. The Kier molecular flexibility index (Phi) is 3.29. The van der Waals surface area contributed by atoms with Crippen LogP contribution in [0.25, 0.3) is 0 Å². The number of aryl methyl sites for hydroxylation is 1. The monoisotopic (exact) mass is 297 g/mol. The number of fused-ring (bicyclic) bond motifs is 1. The molecule has 2 aliphatic rings. The predicted octanol–water partition coefficient (Wildman–Crippen LogP) is 1.57. The number of hydrogen-bond acceptors (Lipinski definition) is 4. The van der Waals surface area contributed by atoms with Gasteiger partial charge in [0.25, 0.3) is 0 Å². The molecule has 0 spiro atoms. The molecule has 1 fully saturated rings. The third kappa shape index (κ3) is 2.18. The van der Waals surface area contributed by atoms with Crippen LogP contribution in [0.3, 0.4) is 0 Å². The third-order valence-corrected chi connectivity index (χ3v) is 4.18. The topological polar surface area (TPSA) is 38.2 Å². The van der Waals surface area contributed by atoms with Gasteiger partial charge >= 0.3 is 0 Å². The summed E-state index contributed by atoms with van der Waals surface area (Å²) in [7, 11) is 0.